The Morgan fingerprint density at radius 1 is 0.920 bits per heavy atom. The maximum absolute atomic E-state index is 12.5. The molecule has 0 aliphatic carbocycles. The van der Waals surface area contributed by atoms with Crippen molar-refractivity contribution in [3.05, 3.63) is 0 Å². The van der Waals surface area contributed by atoms with Gasteiger partial charge in [-0.15, -0.1) is 24.8 Å². The molecule has 0 aromatic heterocycles. The topological polar surface area (TPSA) is 35.6 Å². The molecule has 4 nitrogen and oxygen atoms in total. The van der Waals surface area contributed by atoms with E-state index >= 15 is 0 Å². The van der Waals surface area contributed by atoms with E-state index in [0.717, 1.165) is 44.9 Å². The Kier molecular flexibility index (Phi) is 11.4. The minimum Gasteiger partial charge on any atom is -0.342 e. The van der Waals surface area contributed by atoms with Crippen molar-refractivity contribution in [2.45, 2.75) is 57.8 Å². The number of carbonyl (C=O) groups is 1. The summed E-state index contributed by atoms with van der Waals surface area (Å²) in [5.41, 5.74) is 0. The molecule has 0 bridgehead atoms. The van der Waals surface area contributed by atoms with Crippen LogP contribution in [0.4, 0.5) is 0 Å². The first-order chi connectivity index (χ1) is 11.3. The molecule has 0 saturated carbocycles. The van der Waals surface area contributed by atoms with Crippen LogP contribution in [0.15, 0.2) is 0 Å². The predicted molar refractivity (Wildman–Crippen MR) is 109 cm³/mol. The van der Waals surface area contributed by atoms with Crippen LogP contribution >= 0.6 is 24.8 Å². The largest absolute Gasteiger partial charge is 0.342 e. The smallest absolute Gasteiger partial charge is 0.222 e. The molecule has 0 radical (unpaired) electrons. The fourth-order valence-corrected chi connectivity index (χ4v) is 4.57. The van der Waals surface area contributed by atoms with Gasteiger partial charge in [0.25, 0.3) is 0 Å². The number of carbonyl (C=O) groups excluding carboxylic acids is 1. The van der Waals surface area contributed by atoms with Gasteiger partial charge in [0.05, 0.1) is 0 Å². The molecule has 3 aliphatic rings. The van der Waals surface area contributed by atoms with Crippen molar-refractivity contribution < 1.29 is 4.79 Å². The molecule has 2 unspecified atom stereocenters. The first-order valence-corrected chi connectivity index (χ1v) is 10.0. The Morgan fingerprint density at radius 2 is 1.68 bits per heavy atom. The molecule has 148 valence electrons. The third-order valence-corrected chi connectivity index (χ3v) is 6.02. The van der Waals surface area contributed by atoms with Crippen LogP contribution in [0.3, 0.4) is 0 Å². The van der Waals surface area contributed by atoms with Gasteiger partial charge in [0.1, 0.15) is 0 Å². The summed E-state index contributed by atoms with van der Waals surface area (Å²) in [6.45, 7) is 8.04. The highest BCUT2D eigenvalue weighted by molar-refractivity contribution is 5.85. The Morgan fingerprint density at radius 3 is 2.36 bits per heavy atom. The van der Waals surface area contributed by atoms with Crippen LogP contribution in [0.1, 0.15) is 57.8 Å². The zero-order valence-electron chi connectivity index (χ0n) is 15.6. The lowest BCUT2D eigenvalue weighted by molar-refractivity contribution is -0.133. The normalized spacial score (nSPS) is 27.9. The van der Waals surface area contributed by atoms with Gasteiger partial charge in [-0.25, -0.2) is 0 Å². The molecule has 3 aliphatic heterocycles. The van der Waals surface area contributed by atoms with Gasteiger partial charge in [-0.2, -0.15) is 0 Å². The third-order valence-electron chi connectivity index (χ3n) is 6.02. The maximum atomic E-state index is 12.5. The van der Waals surface area contributed by atoms with Crippen molar-refractivity contribution in [3.63, 3.8) is 0 Å². The zero-order valence-corrected chi connectivity index (χ0v) is 17.2. The lowest BCUT2D eigenvalue weighted by Crippen LogP contribution is -2.44. The van der Waals surface area contributed by atoms with Crippen LogP contribution in [-0.4, -0.2) is 61.5 Å². The number of rotatable bonds is 5. The molecule has 0 aromatic carbocycles. The molecule has 3 fully saturated rings. The molecule has 0 aromatic rings. The number of nitrogens with zero attached hydrogens (tertiary/aromatic N) is 2. The van der Waals surface area contributed by atoms with Crippen LogP contribution in [0.25, 0.3) is 0 Å². The van der Waals surface area contributed by atoms with Gasteiger partial charge < -0.3 is 15.1 Å². The van der Waals surface area contributed by atoms with Crippen molar-refractivity contribution in [1.82, 2.24) is 15.1 Å². The molecule has 1 N–H and O–H groups in total. The number of amides is 1. The first-order valence-electron chi connectivity index (χ1n) is 10.0. The van der Waals surface area contributed by atoms with E-state index in [2.05, 4.69) is 15.1 Å². The Labute approximate surface area is 166 Å². The van der Waals surface area contributed by atoms with E-state index in [1.54, 1.807) is 0 Å². The lowest BCUT2D eigenvalue weighted by atomic mass is 9.96. The van der Waals surface area contributed by atoms with Gasteiger partial charge >= 0.3 is 0 Å². The Bertz CT molecular complexity index is 370. The number of halogens is 2. The van der Waals surface area contributed by atoms with E-state index in [1.807, 2.05) is 0 Å². The summed E-state index contributed by atoms with van der Waals surface area (Å²) in [7, 11) is 0. The van der Waals surface area contributed by atoms with Crippen LogP contribution in [0.2, 0.25) is 0 Å². The highest BCUT2D eigenvalue weighted by Gasteiger charge is 2.26. The van der Waals surface area contributed by atoms with Gasteiger partial charge in [0.2, 0.25) is 5.91 Å². The van der Waals surface area contributed by atoms with Gasteiger partial charge in [-0.3, -0.25) is 4.79 Å². The SMILES string of the molecule is Cl.Cl.O=C(CCC1CCNC1)N1CCCC(CN2CCCCCC2)C1. The molecule has 1 amide bonds. The number of hydrogen-bond donors (Lipinski definition) is 1. The Balaban J connectivity index is 0.00000156. The first kappa shape index (κ1) is 23.0. The van der Waals surface area contributed by atoms with Gasteiger partial charge in [-0.05, 0) is 76.5 Å². The molecule has 0 spiro atoms. The zero-order chi connectivity index (χ0) is 15.9. The fraction of sp³-hybridized carbons (Fsp3) is 0.947. The second-order valence-corrected chi connectivity index (χ2v) is 7.96. The van der Waals surface area contributed by atoms with Crippen LogP contribution in [0, 0.1) is 11.8 Å². The number of nitrogens with one attached hydrogen (secondary N) is 1. The average Bonchev–Trinajstić information content (AvgIpc) is 2.97. The monoisotopic (exact) mass is 393 g/mol. The molecule has 25 heavy (non-hydrogen) atoms. The standard InChI is InChI=1S/C19H35N3O.2ClH/c23-19(8-7-17-9-10-20-14-17)22-13-5-6-18(16-22)15-21-11-3-1-2-4-12-21;;/h17-18,20H,1-16H2;2*1H. The molecular weight excluding hydrogens is 357 g/mol. The summed E-state index contributed by atoms with van der Waals surface area (Å²) in [5.74, 6) is 1.85. The summed E-state index contributed by atoms with van der Waals surface area (Å²) in [5, 5.41) is 3.40. The van der Waals surface area contributed by atoms with Crippen molar-refractivity contribution in [3.8, 4) is 0 Å². The quantitative estimate of drug-likeness (QED) is 0.777. The van der Waals surface area contributed by atoms with Crippen molar-refractivity contribution >= 4 is 30.7 Å². The Hall–Kier alpha value is -0.0300. The van der Waals surface area contributed by atoms with Crippen LogP contribution in [0.5, 0.6) is 0 Å². The van der Waals surface area contributed by atoms with E-state index < -0.39 is 0 Å². The lowest BCUT2D eigenvalue weighted by Gasteiger charge is -2.35. The van der Waals surface area contributed by atoms with E-state index in [1.165, 1.54) is 64.6 Å². The predicted octanol–water partition coefficient (Wildman–Crippen LogP) is 3.33. The van der Waals surface area contributed by atoms with Crippen LogP contribution in [-0.2, 0) is 4.79 Å². The van der Waals surface area contributed by atoms with Gasteiger partial charge in [0, 0.05) is 26.1 Å². The van der Waals surface area contributed by atoms with Crippen molar-refractivity contribution in [2.24, 2.45) is 11.8 Å². The summed E-state index contributed by atoms with van der Waals surface area (Å²) in [6, 6.07) is 0. The molecule has 3 rings (SSSR count). The van der Waals surface area contributed by atoms with E-state index in [-0.39, 0.29) is 24.8 Å². The number of piperidine rings is 1. The fourth-order valence-electron chi connectivity index (χ4n) is 4.57. The summed E-state index contributed by atoms with van der Waals surface area (Å²) >= 11 is 0. The summed E-state index contributed by atoms with van der Waals surface area (Å²) < 4.78 is 0. The minimum atomic E-state index is 0. The minimum absolute atomic E-state index is 0. The molecule has 2 atom stereocenters. The highest BCUT2D eigenvalue weighted by atomic mass is 35.5. The average molecular weight is 394 g/mol. The van der Waals surface area contributed by atoms with Crippen molar-refractivity contribution in [2.75, 3.05) is 45.8 Å². The maximum Gasteiger partial charge on any atom is 0.222 e. The van der Waals surface area contributed by atoms with Gasteiger partial charge in [0.15, 0.2) is 0 Å². The molecule has 3 heterocycles. The molecule has 3 saturated heterocycles. The third kappa shape index (κ3) is 7.62. The van der Waals surface area contributed by atoms with Crippen LogP contribution < -0.4 is 5.32 Å². The highest BCUT2D eigenvalue weighted by Crippen LogP contribution is 2.22. The van der Waals surface area contributed by atoms with E-state index in [0.29, 0.717) is 11.8 Å². The van der Waals surface area contributed by atoms with E-state index in [9.17, 15) is 4.79 Å². The second kappa shape index (κ2) is 12.4. The summed E-state index contributed by atoms with van der Waals surface area (Å²) in [6.07, 6.45) is 11.2. The van der Waals surface area contributed by atoms with Crippen molar-refractivity contribution in [1.29, 1.82) is 0 Å². The second-order valence-electron chi connectivity index (χ2n) is 7.96. The molecular formula is C19H37Cl2N3O. The number of likely N-dealkylation sites (tertiary alicyclic amines) is 2. The number of hydrogen-bond acceptors (Lipinski definition) is 3. The summed E-state index contributed by atoms with van der Waals surface area (Å²) in [4.78, 5) is 17.4. The van der Waals surface area contributed by atoms with E-state index in [4.69, 9.17) is 0 Å². The van der Waals surface area contributed by atoms with Gasteiger partial charge in [-0.1, -0.05) is 12.8 Å². The molecule has 6 heteroatoms.